The number of nitrogens with zero attached hydrogens (tertiary/aromatic N) is 1. The van der Waals surface area contributed by atoms with Gasteiger partial charge in [-0.1, -0.05) is 0 Å². The van der Waals surface area contributed by atoms with E-state index in [0.717, 1.165) is 13.0 Å². The van der Waals surface area contributed by atoms with Gasteiger partial charge in [-0.2, -0.15) is 13.2 Å². The van der Waals surface area contributed by atoms with Crippen molar-refractivity contribution < 1.29 is 32.8 Å². The fourth-order valence-electron chi connectivity index (χ4n) is 2.49. The molecule has 166 valence electrons. The zero-order chi connectivity index (χ0) is 23.4. The van der Waals surface area contributed by atoms with Crippen LogP contribution in [-0.4, -0.2) is 34.0 Å². The normalized spacial score (nSPS) is 13.1. The van der Waals surface area contributed by atoms with Crippen molar-refractivity contribution in [1.29, 1.82) is 0 Å². The Labute approximate surface area is 174 Å². The van der Waals surface area contributed by atoms with Crippen molar-refractivity contribution in [3.63, 3.8) is 0 Å². The lowest BCUT2D eigenvalue weighted by Crippen LogP contribution is -2.45. The van der Waals surface area contributed by atoms with Gasteiger partial charge in [-0.3, -0.25) is 19.7 Å². The molecule has 31 heavy (non-hydrogen) atoms. The molecule has 1 atom stereocenters. The number of alkyl halides is 3. The van der Waals surface area contributed by atoms with E-state index in [-0.39, 0.29) is 18.1 Å². The quantitative estimate of drug-likeness (QED) is 0.385. The molecule has 0 fully saturated rings. The van der Waals surface area contributed by atoms with Gasteiger partial charge < -0.3 is 21.1 Å². The summed E-state index contributed by atoms with van der Waals surface area (Å²) < 4.78 is 39.2. The number of anilines is 3. The standard InChI is InChI=1S/C19H19F3N4O5/c1-11(27)24-13-5-3-12(4-6-13)23-10-18(2,29)17(28)25-14-7-8-16(26(30)31)15(9-14)19(20,21)22/h3-9,23,29H,10H2,1-2H3,(H,24,27)(H,25,28)/t18-/m0/s1. The van der Waals surface area contributed by atoms with Crippen LogP contribution in [0.25, 0.3) is 0 Å². The van der Waals surface area contributed by atoms with Crippen LogP contribution < -0.4 is 16.0 Å². The smallest absolute Gasteiger partial charge is 0.382 e. The minimum absolute atomic E-state index is 0.250. The van der Waals surface area contributed by atoms with E-state index >= 15 is 0 Å². The number of hydrogen-bond donors (Lipinski definition) is 4. The maximum Gasteiger partial charge on any atom is 0.423 e. The lowest BCUT2D eigenvalue weighted by atomic mass is 10.1. The Balaban J connectivity index is 2.08. The number of nitro benzene ring substituents is 1. The van der Waals surface area contributed by atoms with Crippen molar-refractivity contribution >= 4 is 34.6 Å². The van der Waals surface area contributed by atoms with Gasteiger partial charge in [0.15, 0.2) is 5.60 Å². The first kappa shape index (κ1) is 23.6. The summed E-state index contributed by atoms with van der Waals surface area (Å²) in [6.45, 7) is 2.21. The highest BCUT2D eigenvalue weighted by Gasteiger charge is 2.39. The number of benzene rings is 2. The monoisotopic (exact) mass is 440 g/mol. The Kier molecular flexibility index (Phi) is 6.85. The third-order valence-electron chi connectivity index (χ3n) is 4.09. The van der Waals surface area contributed by atoms with Crippen molar-refractivity contribution in [3.8, 4) is 0 Å². The van der Waals surface area contributed by atoms with Crippen molar-refractivity contribution in [2.24, 2.45) is 0 Å². The average molecular weight is 440 g/mol. The molecule has 9 nitrogen and oxygen atoms in total. The molecule has 0 radical (unpaired) electrons. The van der Waals surface area contributed by atoms with Crippen LogP contribution >= 0.6 is 0 Å². The van der Waals surface area contributed by atoms with Crippen molar-refractivity contribution in [3.05, 3.63) is 58.1 Å². The summed E-state index contributed by atoms with van der Waals surface area (Å²) in [5.41, 5.74) is -4.01. The highest BCUT2D eigenvalue weighted by Crippen LogP contribution is 2.37. The minimum atomic E-state index is -5.00. The lowest BCUT2D eigenvalue weighted by Gasteiger charge is -2.23. The molecule has 0 heterocycles. The first-order valence-electron chi connectivity index (χ1n) is 8.80. The van der Waals surface area contributed by atoms with Gasteiger partial charge in [0.05, 0.1) is 11.5 Å². The maximum absolute atomic E-state index is 13.1. The molecule has 0 aliphatic heterocycles. The van der Waals surface area contributed by atoms with Gasteiger partial charge in [0.25, 0.3) is 11.6 Å². The molecule has 4 N–H and O–H groups in total. The fraction of sp³-hybridized carbons (Fsp3) is 0.263. The van der Waals surface area contributed by atoms with Crippen LogP contribution in [0.3, 0.4) is 0 Å². The van der Waals surface area contributed by atoms with E-state index in [1.54, 1.807) is 24.3 Å². The summed E-state index contributed by atoms with van der Waals surface area (Å²) in [4.78, 5) is 33.0. The second-order valence-corrected chi connectivity index (χ2v) is 6.83. The molecule has 0 saturated heterocycles. The third-order valence-corrected chi connectivity index (χ3v) is 4.09. The summed E-state index contributed by atoms with van der Waals surface area (Å²) in [7, 11) is 0. The van der Waals surface area contributed by atoms with Crippen LogP contribution in [0.1, 0.15) is 19.4 Å². The van der Waals surface area contributed by atoms with E-state index in [9.17, 15) is 38.0 Å². The number of halogens is 3. The molecular weight excluding hydrogens is 421 g/mol. The Hall–Kier alpha value is -3.67. The maximum atomic E-state index is 13.1. The largest absolute Gasteiger partial charge is 0.423 e. The average Bonchev–Trinajstić information content (AvgIpc) is 2.66. The van der Waals surface area contributed by atoms with Crippen LogP contribution in [0, 0.1) is 10.1 Å². The van der Waals surface area contributed by atoms with E-state index in [4.69, 9.17) is 0 Å². The number of rotatable bonds is 7. The van der Waals surface area contributed by atoms with Crippen LogP contribution in [0.4, 0.5) is 35.9 Å². The predicted molar refractivity (Wildman–Crippen MR) is 107 cm³/mol. The van der Waals surface area contributed by atoms with Gasteiger partial charge in [-0.15, -0.1) is 0 Å². The molecule has 0 saturated carbocycles. The number of carbonyl (C=O) groups is 2. The van der Waals surface area contributed by atoms with Gasteiger partial charge >= 0.3 is 6.18 Å². The number of aliphatic hydroxyl groups is 1. The van der Waals surface area contributed by atoms with Gasteiger partial charge in [-0.05, 0) is 43.3 Å². The molecular formula is C19H19F3N4O5. The van der Waals surface area contributed by atoms with Crippen molar-refractivity contribution in [2.45, 2.75) is 25.6 Å². The summed E-state index contributed by atoms with van der Waals surface area (Å²) in [5, 5.41) is 28.7. The van der Waals surface area contributed by atoms with Crippen LogP contribution in [-0.2, 0) is 15.8 Å². The minimum Gasteiger partial charge on any atom is -0.382 e. The molecule has 2 aromatic carbocycles. The zero-order valence-corrected chi connectivity index (χ0v) is 16.4. The van der Waals surface area contributed by atoms with E-state index < -0.39 is 33.9 Å². The fourth-order valence-corrected chi connectivity index (χ4v) is 2.49. The Morgan fingerprint density at radius 2 is 1.58 bits per heavy atom. The van der Waals surface area contributed by atoms with Crippen LogP contribution in [0.15, 0.2) is 42.5 Å². The van der Waals surface area contributed by atoms with Gasteiger partial charge in [-0.25, -0.2) is 0 Å². The zero-order valence-electron chi connectivity index (χ0n) is 16.4. The second kappa shape index (κ2) is 9.00. The van der Waals surface area contributed by atoms with Gasteiger partial charge in [0.2, 0.25) is 5.91 Å². The number of nitro groups is 1. The van der Waals surface area contributed by atoms with Crippen molar-refractivity contribution in [1.82, 2.24) is 0 Å². The van der Waals surface area contributed by atoms with Gasteiger partial charge in [0.1, 0.15) is 5.56 Å². The molecule has 2 aromatic rings. The summed E-state index contributed by atoms with van der Waals surface area (Å²) >= 11 is 0. The molecule has 2 amide bonds. The number of amides is 2. The summed E-state index contributed by atoms with van der Waals surface area (Å²) in [6, 6.07) is 8.36. The molecule has 0 aliphatic rings. The van der Waals surface area contributed by atoms with E-state index in [2.05, 4.69) is 16.0 Å². The Morgan fingerprint density at radius 1 is 1.03 bits per heavy atom. The lowest BCUT2D eigenvalue weighted by molar-refractivity contribution is -0.388. The van der Waals surface area contributed by atoms with Crippen LogP contribution in [0.5, 0.6) is 0 Å². The molecule has 0 spiro atoms. The van der Waals surface area contributed by atoms with Crippen LogP contribution in [0.2, 0.25) is 0 Å². The second-order valence-electron chi connectivity index (χ2n) is 6.83. The molecule has 0 bridgehead atoms. The first-order valence-corrected chi connectivity index (χ1v) is 8.80. The Bertz CT molecular complexity index is 991. The number of carbonyl (C=O) groups excluding carboxylic acids is 2. The third kappa shape index (κ3) is 6.40. The number of nitrogens with one attached hydrogen (secondary N) is 3. The molecule has 0 aromatic heterocycles. The topological polar surface area (TPSA) is 134 Å². The summed E-state index contributed by atoms with van der Waals surface area (Å²) in [5.74, 6) is -1.27. The number of hydrogen-bond acceptors (Lipinski definition) is 6. The molecule has 12 heteroatoms. The van der Waals surface area contributed by atoms with Crippen molar-refractivity contribution in [2.75, 3.05) is 22.5 Å². The van der Waals surface area contributed by atoms with E-state index in [0.29, 0.717) is 23.5 Å². The van der Waals surface area contributed by atoms with E-state index in [1.807, 2.05) is 0 Å². The first-order chi connectivity index (χ1) is 14.3. The molecule has 0 aliphatic carbocycles. The molecule has 2 rings (SSSR count). The SMILES string of the molecule is CC(=O)Nc1ccc(NC[C@](C)(O)C(=O)Nc2ccc([N+](=O)[O-])c(C(F)(F)F)c2)cc1. The Morgan fingerprint density at radius 3 is 2.10 bits per heavy atom. The summed E-state index contributed by atoms with van der Waals surface area (Å²) in [6.07, 6.45) is -5.00. The highest BCUT2D eigenvalue weighted by atomic mass is 19.4. The van der Waals surface area contributed by atoms with Gasteiger partial charge in [0, 0.05) is 30.1 Å². The predicted octanol–water partition coefficient (Wildman–Crippen LogP) is 3.37. The molecule has 0 unspecified atom stereocenters. The van der Waals surface area contributed by atoms with E-state index in [1.165, 1.54) is 6.92 Å². The highest BCUT2D eigenvalue weighted by molar-refractivity contribution is 5.97.